The van der Waals surface area contributed by atoms with Gasteiger partial charge in [0.2, 0.25) is 5.91 Å². The fraction of sp³-hybridized carbons (Fsp3) is 0.0588. The van der Waals surface area contributed by atoms with Crippen LogP contribution in [0.2, 0.25) is 10.0 Å². The minimum atomic E-state index is -0.295. The molecule has 0 bridgehead atoms. The molecule has 0 aliphatic rings. The monoisotopic (exact) mass is 423 g/mol. The number of nitrogens with zero attached hydrogens (tertiary/aromatic N) is 2. The van der Waals surface area contributed by atoms with Crippen LogP contribution in [-0.2, 0) is 4.79 Å². The lowest BCUT2D eigenvalue weighted by molar-refractivity contribution is -0.111. The van der Waals surface area contributed by atoms with Gasteiger partial charge in [-0.2, -0.15) is 0 Å². The first-order valence-corrected chi connectivity index (χ1v) is 8.58. The predicted molar refractivity (Wildman–Crippen MR) is 102 cm³/mol. The Hall–Kier alpha value is -1.82. The minimum Gasteiger partial charge on any atom is -0.319 e. The van der Waals surface area contributed by atoms with Gasteiger partial charge >= 0.3 is 0 Å². The molecule has 0 spiro atoms. The van der Waals surface area contributed by atoms with Crippen LogP contribution in [0.1, 0.15) is 11.3 Å². The molecule has 4 nitrogen and oxygen atoms in total. The van der Waals surface area contributed by atoms with Crippen LogP contribution in [0.25, 0.3) is 11.7 Å². The lowest BCUT2D eigenvalue weighted by Crippen LogP contribution is -2.09. The number of rotatable bonds is 3. The molecule has 0 saturated carbocycles. The molecule has 0 unspecified atom stereocenters. The Balaban J connectivity index is 1.86. The van der Waals surface area contributed by atoms with Gasteiger partial charge in [-0.1, -0.05) is 29.3 Å². The second kappa shape index (κ2) is 6.97. The zero-order valence-corrected chi connectivity index (χ0v) is 15.7. The number of anilines is 1. The Kier molecular flexibility index (Phi) is 4.94. The second-order valence-electron chi connectivity index (χ2n) is 5.06. The van der Waals surface area contributed by atoms with Crippen LogP contribution >= 0.6 is 39.1 Å². The van der Waals surface area contributed by atoms with Gasteiger partial charge in [0.15, 0.2) is 5.65 Å². The molecule has 7 heteroatoms. The normalized spacial score (nSPS) is 11.3. The van der Waals surface area contributed by atoms with E-state index in [1.54, 1.807) is 30.3 Å². The zero-order valence-electron chi connectivity index (χ0n) is 12.6. The largest absolute Gasteiger partial charge is 0.319 e. The molecule has 1 N–H and O–H groups in total. The van der Waals surface area contributed by atoms with Crippen molar-refractivity contribution in [3.05, 3.63) is 68.5 Å². The molecule has 0 aliphatic heterocycles. The number of amides is 1. The van der Waals surface area contributed by atoms with Crippen LogP contribution in [0.15, 0.2) is 47.2 Å². The lowest BCUT2D eigenvalue weighted by Gasteiger charge is -2.05. The van der Waals surface area contributed by atoms with Gasteiger partial charge in [0.05, 0.1) is 11.4 Å². The van der Waals surface area contributed by atoms with E-state index in [9.17, 15) is 4.79 Å². The summed E-state index contributed by atoms with van der Waals surface area (Å²) in [6, 6.07) is 8.82. The Morgan fingerprint density at radius 1 is 1.25 bits per heavy atom. The molecule has 2 aromatic heterocycles. The highest BCUT2D eigenvalue weighted by molar-refractivity contribution is 9.10. The molecule has 0 aliphatic carbocycles. The summed E-state index contributed by atoms with van der Waals surface area (Å²) in [5.41, 5.74) is 2.73. The fourth-order valence-electron chi connectivity index (χ4n) is 2.25. The van der Waals surface area contributed by atoms with Gasteiger partial charge in [-0.05, 0) is 53.2 Å². The molecule has 2 heterocycles. The topological polar surface area (TPSA) is 46.4 Å². The molecule has 0 radical (unpaired) electrons. The number of aryl methyl sites for hydroxylation is 1. The predicted octanol–water partition coefficient (Wildman–Crippen LogP) is 5.36. The second-order valence-corrected chi connectivity index (χ2v) is 6.63. The molecule has 1 amide bonds. The van der Waals surface area contributed by atoms with Crippen molar-refractivity contribution >= 4 is 62.4 Å². The van der Waals surface area contributed by atoms with Crippen molar-refractivity contribution < 1.29 is 4.79 Å². The van der Waals surface area contributed by atoms with Crippen molar-refractivity contribution in [2.45, 2.75) is 6.92 Å². The van der Waals surface area contributed by atoms with Crippen molar-refractivity contribution in [1.82, 2.24) is 9.38 Å². The third-order valence-electron chi connectivity index (χ3n) is 3.41. The minimum absolute atomic E-state index is 0.295. The smallest absolute Gasteiger partial charge is 0.248 e. The number of hydrogen-bond donors (Lipinski definition) is 1. The lowest BCUT2D eigenvalue weighted by atomic mass is 10.2. The van der Waals surface area contributed by atoms with Crippen molar-refractivity contribution in [1.29, 1.82) is 0 Å². The van der Waals surface area contributed by atoms with Gasteiger partial charge in [-0.25, -0.2) is 4.98 Å². The molecule has 3 rings (SSSR count). The molecule has 1 aromatic carbocycles. The molecular weight excluding hydrogens is 413 g/mol. The number of aromatic nitrogens is 2. The number of hydrogen-bond acceptors (Lipinski definition) is 2. The highest BCUT2D eigenvalue weighted by atomic mass is 79.9. The SMILES string of the molecule is Cc1nc2c(NC(=O)C=Cc3c(Cl)cccc3Cl)cccn2c1Br. The van der Waals surface area contributed by atoms with E-state index in [4.69, 9.17) is 23.2 Å². The van der Waals surface area contributed by atoms with Gasteiger partial charge in [0.25, 0.3) is 0 Å². The highest BCUT2D eigenvalue weighted by Crippen LogP contribution is 2.26. The number of benzene rings is 1. The third-order valence-corrected chi connectivity index (χ3v) is 5.02. The summed E-state index contributed by atoms with van der Waals surface area (Å²) in [6.07, 6.45) is 4.85. The number of fused-ring (bicyclic) bond motifs is 1. The average molecular weight is 425 g/mol. The Morgan fingerprint density at radius 2 is 1.96 bits per heavy atom. The fourth-order valence-corrected chi connectivity index (χ4v) is 3.15. The van der Waals surface area contributed by atoms with E-state index in [1.807, 2.05) is 23.6 Å². The summed E-state index contributed by atoms with van der Waals surface area (Å²) in [4.78, 5) is 16.7. The first-order chi connectivity index (χ1) is 11.5. The molecule has 0 fully saturated rings. The Labute approximate surface area is 157 Å². The summed E-state index contributed by atoms with van der Waals surface area (Å²) in [6.45, 7) is 1.89. The van der Waals surface area contributed by atoms with Crippen molar-refractivity contribution in [2.24, 2.45) is 0 Å². The summed E-state index contributed by atoms with van der Waals surface area (Å²) < 4.78 is 2.71. The maximum atomic E-state index is 12.2. The summed E-state index contributed by atoms with van der Waals surface area (Å²) in [7, 11) is 0. The molecular formula is C17H12BrCl2N3O. The van der Waals surface area contributed by atoms with E-state index in [-0.39, 0.29) is 5.91 Å². The first-order valence-electron chi connectivity index (χ1n) is 7.03. The van der Waals surface area contributed by atoms with E-state index in [0.29, 0.717) is 26.9 Å². The van der Waals surface area contributed by atoms with Gasteiger partial charge in [-0.15, -0.1) is 0 Å². The van der Waals surface area contributed by atoms with E-state index < -0.39 is 0 Å². The molecule has 24 heavy (non-hydrogen) atoms. The number of halogens is 3. The zero-order chi connectivity index (χ0) is 17.3. The summed E-state index contributed by atoms with van der Waals surface area (Å²) >= 11 is 15.6. The molecule has 122 valence electrons. The first kappa shape index (κ1) is 17.0. The quantitative estimate of drug-likeness (QED) is 0.575. The number of carbonyl (C=O) groups excluding carboxylic acids is 1. The molecule has 3 aromatic rings. The molecule has 0 atom stereocenters. The Morgan fingerprint density at radius 3 is 2.67 bits per heavy atom. The van der Waals surface area contributed by atoms with Crippen LogP contribution in [0, 0.1) is 6.92 Å². The van der Waals surface area contributed by atoms with Crippen LogP contribution in [0.5, 0.6) is 0 Å². The van der Waals surface area contributed by atoms with Gasteiger partial charge in [0.1, 0.15) is 4.60 Å². The summed E-state index contributed by atoms with van der Waals surface area (Å²) in [5.74, 6) is -0.295. The maximum absolute atomic E-state index is 12.2. The number of nitrogens with one attached hydrogen (secondary N) is 1. The van der Waals surface area contributed by atoms with Crippen LogP contribution in [0.4, 0.5) is 5.69 Å². The van der Waals surface area contributed by atoms with Crippen molar-refractivity contribution in [3.63, 3.8) is 0 Å². The number of carbonyl (C=O) groups is 1. The average Bonchev–Trinajstić information content (AvgIpc) is 2.83. The van der Waals surface area contributed by atoms with E-state index in [2.05, 4.69) is 26.2 Å². The summed E-state index contributed by atoms with van der Waals surface area (Å²) in [5, 5.41) is 3.79. The molecule has 0 saturated heterocycles. The number of pyridine rings is 1. The van der Waals surface area contributed by atoms with Crippen molar-refractivity contribution in [3.8, 4) is 0 Å². The van der Waals surface area contributed by atoms with Gasteiger partial charge < -0.3 is 5.32 Å². The number of imidazole rings is 1. The Bertz CT molecular complexity index is 946. The standard InChI is InChI=1S/C17H12BrCl2N3O/c1-10-16(18)23-9-3-6-14(17(23)21-10)22-15(24)8-7-11-12(19)4-2-5-13(11)20/h2-9H,1H3,(H,22,24). The van der Waals surface area contributed by atoms with E-state index in [0.717, 1.165) is 10.3 Å². The van der Waals surface area contributed by atoms with Crippen LogP contribution in [-0.4, -0.2) is 15.3 Å². The van der Waals surface area contributed by atoms with Crippen molar-refractivity contribution in [2.75, 3.05) is 5.32 Å². The van der Waals surface area contributed by atoms with E-state index in [1.165, 1.54) is 6.08 Å². The van der Waals surface area contributed by atoms with Gasteiger partial charge in [0, 0.05) is 27.9 Å². The van der Waals surface area contributed by atoms with E-state index >= 15 is 0 Å². The third kappa shape index (κ3) is 3.34. The van der Waals surface area contributed by atoms with Gasteiger partial charge in [-0.3, -0.25) is 9.20 Å². The van der Waals surface area contributed by atoms with Crippen LogP contribution in [0.3, 0.4) is 0 Å². The van der Waals surface area contributed by atoms with Crippen LogP contribution < -0.4 is 5.32 Å². The maximum Gasteiger partial charge on any atom is 0.248 e. The highest BCUT2D eigenvalue weighted by Gasteiger charge is 2.10.